The van der Waals surface area contributed by atoms with Crippen molar-refractivity contribution < 1.29 is 80.2 Å². The molecule has 0 radical (unpaired) electrons. The molecule has 0 bridgehead atoms. The van der Waals surface area contributed by atoms with E-state index in [-0.39, 0.29) is 25.7 Å². The van der Waals surface area contributed by atoms with Gasteiger partial charge < -0.3 is 33.8 Å². The number of carbonyl (C=O) groups is 4. The molecular weight excluding hydrogens is 1190 g/mol. The van der Waals surface area contributed by atoms with Crippen LogP contribution in [0.4, 0.5) is 0 Å². The maximum atomic E-state index is 13.0. The van der Waals surface area contributed by atoms with Gasteiger partial charge in [-0.3, -0.25) is 37.3 Å². The van der Waals surface area contributed by atoms with Crippen molar-refractivity contribution in [2.75, 3.05) is 39.6 Å². The first-order chi connectivity index (χ1) is 43.2. The number of carbonyl (C=O) groups excluding carboxylic acids is 4. The molecule has 5 atom stereocenters. The highest BCUT2D eigenvalue weighted by Gasteiger charge is 2.30. The van der Waals surface area contributed by atoms with Crippen LogP contribution in [0.3, 0.4) is 0 Å². The predicted molar refractivity (Wildman–Crippen MR) is 363 cm³/mol. The molecular formula is C71H134O17P2. The van der Waals surface area contributed by atoms with Crippen LogP contribution in [-0.2, 0) is 65.4 Å². The van der Waals surface area contributed by atoms with E-state index in [1.54, 1.807) is 0 Å². The number of aliphatic hydroxyl groups is 1. The van der Waals surface area contributed by atoms with Crippen molar-refractivity contribution in [3.05, 3.63) is 24.3 Å². The van der Waals surface area contributed by atoms with Gasteiger partial charge in [0.1, 0.15) is 19.3 Å². The lowest BCUT2D eigenvalue weighted by Gasteiger charge is -2.21. The minimum absolute atomic E-state index is 0.0835. The average Bonchev–Trinajstić information content (AvgIpc) is 3.11. The Morgan fingerprint density at radius 1 is 0.344 bits per heavy atom. The second kappa shape index (κ2) is 61.4. The Labute approximate surface area is 548 Å². The van der Waals surface area contributed by atoms with Crippen molar-refractivity contribution in [3.8, 4) is 0 Å². The number of esters is 4. The molecule has 0 fully saturated rings. The van der Waals surface area contributed by atoms with E-state index in [9.17, 15) is 43.2 Å². The van der Waals surface area contributed by atoms with Crippen LogP contribution in [0.25, 0.3) is 0 Å². The minimum atomic E-state index is -4.96. The smallest absolute Gasteiger partial charge is 0.462 e. The molecule has 17 nitrogen and oxygen atoms in total. The maximum absolute atomic E-state index is 13.0. The van der Waals surface area contributed by atoms with Gasteiger partial charge in [0.15, 0.2) is 12.2 Å². The van der Waals surface area contributed by atoms with Crippen molar-refractivity contribution in [1.29, 1.82) is 0 Å². The molecule has 0 aliphatic heterocycles. The fourth-order valence-electron chi connectivity index (χ4n) is 10.2. The molecule has 0 aromatic carbocycles. The Kier molecular flexibility index (Phi) is 59.7. The van der Waals surface area contributed by atoms with Gasteiger partial charge in [-0.2, -0.15) is 0 Å². The summed E-state index contributed by atoms with van der Waals surface area (Å²) in [6, 6.07) is 0. The van der Waals surface area contributed by atoms with E-state index in [1.807, 2.05) is 0 Å². The van der Waals surface area contributed by atoms with E-state index < -0.39 is 97.5 Å². The fraction of sp³-hybridized carbons (Fsp3) is 0.887. The van der Waals surface area contributed by atoms with E-state index in [0.29, 0.717) is 37.5 Å². The minimum Gasteiger partial charge on any atom is -0.462 e. The molecule has 0 aromatic heterocycles. The zero-order chi connectivity index (χ0) is 66.6. The van der Waals surface area contributed by atoms with Crippen molar-refractivity contribution in [3.63, 3.8) is 0 Å². The normalized spacial score (nSPS) is 14.4. The molecule has 0 aliphatic rings. The topological polar surface area (TPSA) is 237 Å². The molecule has 0 saturated carbocycles. The monoisotopic (exact) mass is 1320 g/mol. The third kappa shape index (κ3) is 64.3. The third-order valence-corrected chi connectivity index (χ3v) is 17.7. The summed E-state index contributed by atoms with van der Waals surface area (Å²) < 4.78 is 68.2. The number of hydrogen-bond acceptors (Lipinski definition) is 15. The summed E-state index contributed by atoms with van der Waals surface area (Å²) in [5, 5.41) is 10.6. The van der Waals surface area contributed by atoms with Crippen molar-refractivity contribution in [1.82, 2.24) is 0 Å². The van der Waals surface area contributed by atoms with Crippen LogP contribution in [0.1, 0.15) is 331 Å². The second-order valence-corrected chi connectivity index (χ2v) is 29.3. The van der Waals surface area contributed by atoms with Crippen molar-refractivity contribution >= 4 is 39.5 Å². The van der Waals surface area contributed by atoms with Crippen LogP contribution in [-0.4, -0.2) is 96.7 Å². The molecule has 530 valence electrons. The summed E-state index contributed by atoms with van der Waals surface area (Å²) in [6.07, 6.45) is 48.3. The van der Waals surface area contributed by atoms with Crippen LogP contribution in [0.2, 0.25) is 0 Å². The fourth-order valence-corrected chi connectivity index (χ4v) is 11.8. The first-order valence-corrected chi connectivity index (χ1v) is 39.2. The lowest BCUT2D eigenvalue weighted by atomic mass is 10.0. The van der Waals surface area contributed by atoms with E-state index >= 15 is 0 Å². The Morgan fingerprint density at radius 3 is 0.900 bits per heavy atom. The molecule has 0 rings (SSSR count). The van der Waals surface area contributed by atoms with Crippen LogP contribution in [0.5, 0.6) is 0 Å². The summed E-state index contributed by atoms with van der Waals surface area (Å²) >= 11 is 0. The van der Waals surface area contributed by atoms with Gasteiger partial charge in [0.2, 0.25) is 0 Å². The highest BCUT2D eigenvalue weighted by Crippen LogP contribution is 2.45. The Balaban J connectivity index is 5.26. The van der Waals surface area contributed by atoms with Gasteiger partial charge in [-0.05, 0) is 69.1 Å². The van der Waals surface area contributed by atoms with Gasteiger partial charge in [0, 0.05) is 25.7 Å². The van der Waals surface area contributed by atoms with E-state index in [2.05, 4.69) is 72.8 Å². The lowest BCUT2D eigenvalue weighted by molar-refractivity contribution is -0.161. The third-order valence-electron chi connectivity index (χ3n) is 15.8. The number of phosphoric ester groups is 2. The Hall–Kier alpha value is -2.46. The number of aliphatic hydroxyl groups excluding tert-OH is 1. The molecule has 0 aliphatic carbocycles. The van der Waals surface area contributed by atoms with Crippen LogP contribution >= 0.6 is 15.6 Å². The van der Waals surface area contributed by atoms with Gasteiger partial charge in [-0.15, -0.1) is 0 Å². The van der Waals surface area contributed by atoms with Crippen molar-refractivity contribution in [2.24, 2.45) is 17.8 Å². The lowest BCUT2D eigenvalue weighted by Crippen LogP contribution is -2.30. The summed E-state index contributed by atoms with van der Waals surface area (Å²) in [6.45, 7) is 11.7. The number of hydrogen-bond donors (Lipinski definition) is 3. The molecule has 0 heterocycles. The first kappa shape index (κ1) is 87.5. The summed E-state index contributed by atoms with van der Waals surface area (Å²) in [5.41, 5.74) is 0. The van der Waals surface area contributed by atoms with E-state index in [0.717, 1.165) is 121 Å². The molecule has 2 unspecified atom stereocenters. The van der Waals surface area contributed by atoms with Gasteiger partial charge in [-0.25, -0.2) is 9.13 Å². The summed E-state index contributed by atoms with van der Waals surface area (Å²) in [4.78, 5) is 72.5. The molecule has 19 heteroatoms. The quantitative estimate of drug-likeness (QED) is 0.0169. The SMILES string of the molecule is CCCCCC/C=C\C=C/CCCCCCCC(=O)O[C@H](COC(=O)CCCCCCCCC(C)C)COP(=O)(O)OC[C@H](O)COP(=O)(O)OC[C@@H](COC(=O)CCCCCCCCCC(C)C)OC(=O)CCCCCCCCCCCCCCCC(C)C. The molecule has 0 spiro atoms. The van der Waals surface area contributed by atoms with E-state index in [4.69, 9.17) is 37.0 Å². The Morgan fingerprint density at radius 2 is 0.600 bits per heavy atom. The molecule has 0 saturated heterocycles. The number of phosphoric acid groups is 2. The highest BCUT2D eigenvalue weighted by atomic mass is 31.2. The summed E-state index contributed by atoms with van der Waals surface area (Å²) in [5.74, 6) is 0.00547. The van der Waals surface area contributed by atoms with Gasteiger partial charge in [0.05, 0.1) is 26.4 Å². The number of ether oxygens (including phenoxy) is 4. The first-order valence-electron chi connectivity index (χ1n) is 36.2. The van der Waals surface area contributed by atoms with Crippen molar-refractivity contribution in [2.45, 2.75) is 349 Å². The van der Waals surface area contributed by atoms with Gasteiger partial charge >= 0.3 is 39.5 Å². The maximum Gasteiger partial charge on any atom is 0.472 e. The van der Waals surface area contributed by atoms with E-state index in [1.165, 1.54) is 116 Å². The highest BCUT2D eigenvalue weighted by molar-refractivity contribution is 7.47. The largest absolute Gasteiger partial charge is 0.472 e. The molecule has 3 N–H and O–H groups in total. The second-order valence-electron chi connectivity index (χ2n) is 26.4. The standard InChI is InChI=1S/C71H134O17P2/c1-8-9-10-11-12-13-14-15-16-19-22-25-30-40-47-54-71(76)88-67(59-82-69(74)53-46-39-34-33-37-44-51-64(6)7)61-86-90(79,80)84-57-65(72)56-83-89(77,78)85-60-66(58-81-68(73)52-45-38-32-27-29-36-43-50-63(4)5)87-70(75)55-48-41-31-26-23-20-17-18-21-24-28-35-42-49-62(2)3/h13-16,62-67,72H,8-12,17-61H2,1-7H3,(H,77,78)(H,79,80)/b14-13-,16-15-/t65-,66-,67-/m1/s1. The van der Waals surface area contributed by atoms with Crippen LogP contribution in [0.15, 0.2) is 24.3 Å². The van der Waals surface area contributed by atoms with Gasteiger partial charge in [0.25, 0.3) is 0 Å². The predicted octanol–water partition coefficient (Wildman–Crippen LogP) is 19.8. The average molecular weight is 1320 g/mol. The van der Waals surface area contributed by atoms with Gasteiger partial charge in [-0.1, -0.05) is 278 Å². The number of unbranched alkanes of at least 4 members (excludes halogenated alkanes) is 32. The number of rotatable bonds is 67. The zero-order valence-electron chi connectivity index (χ0n) is 58.1. The zero-order valence-corrected chi connectivity index (χ0v) is 59.9. The molecule has 90 heavy (non-hydrogen) atoms. The van der Waals surface area contributed by atoms with Crippen LogP contribution < -0.4 is 0 Å². The van der Waals surface area contributed by atoms with Crippen LogP contribution in [0, 0.1) is 17.8 Å². The molecule has 0 amide bonds. The Bertz CT molecular complexity index is 1860. The summed E-state index contributed by atoms with van der Waals surface area (Å²) in [7, 11) is -9.91. The number of allylic oxidation sites excluding steroid dienone is 4. The molecule has 0 aromatic rings.